The standard InChI is InChI=1S/C33H49N5O6/c1-22(2)34-32(41)35-27-15-16-29-28(18-27)31(40)38(24(4)21-39)19-23(3)30(43-17-11-10-12-25(5)44-29)20-37(6)33(42)36-26-13-8-7-9-14-26/h7-9,13-16,18,22-25,30,39H,10-12,17,19-21H2,1-6H3,(H,36,42)(H2,34,35,41)/t23-,24+,25+,30-/m0/s1. The zero-order valence-corrected chi connectivity index (χ0v) is 26.8. The van der Waals surface area contributed by atoms with Crippen LogP contribution in [0.1, 0.15) is 64.2 Å². The first-order valence-corrected chi connectivity index (χ1v) is 15.5. The zero-order chi connectivity index (χ0) is 32.2. The molecule has 3 rings (SSSR count). The van der Waals surface area contributed by atoms with Gasteiger partial charge < -0.3 is 40.3 Å². The molecule has 0 aromatic heterocycles. The number of likely N-dealkylation sites (N-methyl/N-ethyl adjacent to an activating group) is 1. The number of para-hydroxylation sites is 1. The molecule has 2 aromatic rings. The van der Waals surface area contributed by atoms with Gasteiger partial charge in [0.25, 0.3) is 5.91 Å². The summed E-state index contributed by atoms with van der Waals surface area (Å²) in [4.78, 5) is 42.8. The Labute approximate surface area is 261 Å². The lowest BCUT2D eigenvalue weighted by atomic mass is 10.0. The first-order chi connectivity index (χ1) is 21.0. The summed E-state index contributed by atoms with van der Waals surface area (Å²) < 4.78 is 12.6. The minimum atomic E-state index is -0.510. The largest absolute Gasteiger partial charge is 0.490 e. The third-order valence-electron chi connectivity index (χ3n) is 7.55. The van der Waals surface area contributed by atoms with E-state index >= 15 is 0 Å². The Balaban J connectivity index is 1.89. The van der Waals surface area contributed by atoms with Gasteiger partial charge in [-0.05, 0) is 77.3 Å². The lowest BCUT2D eigenvalue weighted by molar-refractivity contribution is -0.0115. The molecule has 0 saturated heterocycles. The van der Waals surface area contributed by atoms with Crippen molar-refractivity contribution in [2.75, 3.05) is 44.0 Å². The van der Waals surface area contributed by atoms with Crippen molar-refractivity contribution in [3.8, 4) is 5.75 Å². The highest BCUT2D eigenvalue weighted by atomic mass is 16.5. The average molecular weight is 612 g/mol. The number of nitrogens with zero attached hydrogens (tertiary/aromatic N) is 2. The summed E-state index contributed by atoms with van der Waals surface area (Å²) >= 11 is 0. The second kappa shape index (κ2) is 16.9. The molecule has 0 spiro atoms. The Morgan fingerprint density at radius 2 is 1.77 bits per heavy atom. The van der Waals surface area contributed by atoms with E-state index in [1.165, 1.54) is 0 Å². The van der Waals surface area contributed by atoms with Gasteiger partial charge in [-0.2, -0.15) is 0 Å². The minimum Gasteiger partial charge on any atom is -0.490 e. The van der Waals surface area contributed by atoms with Gasteiger partial charge in [0, 0.05) is 50.1 Å². The van der Waals surface area contributed by atoms with Crippen molar-refractivity contribution in [1.82, 2.24) is 15.1 Å². The average Bonchev–Trinajstić information content (AvgIpc) is 2.98. The molecule has 0 radical (unpaired) electrons. The van der Waals surface area contributed by atoms with Crippen molar-refractivity contribution in [2.24, 2.45) is 5.92 Å². The number of carbonyl (C=O) groups excluding carboxylic acids is 3. The van der Waals surface area contributed by atoms with Crippen molar-refractivity contribution in [2.45, 2.75) is 78.2 Å². The van der Waals surface area contributed by atoms with Crippen LogP contribution in [0.5, 0.6) is 5.75 Å². The van der Waals surface area contributed by atoms with Gasteiger partial charge in [-0.3, -0.25) is 4.79 Å². The maximum Gasteiger partial charge on any atom is 0.321 e. The summed E-state index contributed by atoms with van der Waals surface area (Å²) in [6, 6.07) is 13.1. The fourth-order valence-corrected chi connectivity index (χ4v) is 4.99. The normalized spacial score (nSPS) is 20.5. The number of rotatable bonds is 7. The van der Waals surface area contributed by atoms with E-state index in [1.54, 1.807) is 42.0 Å². The molecule has 11 nitrogen and oxygen atoms in total. The van der Waals surface area contributed by atoms with Crippen LogP contribution in [-0.4, -0.2) is 90.5 Å². The summed E-state index contributed by atoms with van der Waals surface area (Å²) in [5, 5.41) is 18.6. The minimum absolute atomic E-state index is 0.0564. The molecule has 4 atom stereocenters. The van der Waals surface area contributed by atoms with Gasteiger partial charge in [0.1, 0.15) is 5.75 Å². The number of nitrogens with one attached hydrogen (secondary N) is 3. The van der Waals surface area contributed by atoms with Crippen LogP contribution < -0.4 is 20.7 Å². The highest BCUT2D eigenvalue weighted by Crippen LogP contribution is 2.28. The number of fused-ring (bicyclic) bond motifs is 1. The Hall–Kier alpha value is -3.83. The van der Waals surface area contributed by atoms with E-state index in [0.717, 1.165) is 19.3 Å². The Kier molecular flexibility index (Phi) is 13.3. The SMILES string of the molecule is CC(C)NC(=O)Nc1ccc2c(c1)C(=O)N([C@H](C)CO)C[C@H](C)[C@H](CN(C)C(=O)Nc1ccccc1)OCCCC[C@@H](C)O2. The molecule has 1 heterocycles. The number of carbonyl (C=O) groups is 3. The van der Waals surface area contributed by atoms with E-state index in [-0.39, 0.29) is 55.3 Å². The molecule has 0 fully saturated rings. The number of aliphatic hydroxyl groups is 1. The summed E-state index contributed by atoms with van der Waals surface area (Å²) in [5.41, 5.74) is 1.44. The molecule has 4 N–H and O–H groups in total. The highest BCUT2D eigenvalue weighted by molar-refractivity contribution is 5.99. The van der Waals surface area contributed by atoms with Gasteiger partial charge in [0.15, 0.2) is 0 Å². The third kappa shape index (κ3) is 10.4. The molecule has 11 heteroatoms. The summed E-state index contributed by atoms with van der Waals surface area (Å²) in [6.45, 7) is 10.3. The fraction of sp³-hybridized carbons (Fsp3) is 0.545. The van der Waals surface area contributed by atoms with Gasteiger partial charge >= 0.3 is 12.1 Å². The maximum atomic E-state index is 14.2. The van der Waals surface area contributed by atoms with Crippen LogP contribution in [-0.2, 0) is 4.74 Å². The quantitative estimate of drug-likeness (QED) is 0.341. The number of hydrogen-bond acceptors (Lipinski definition) is 6. The molecular formula is C33H49N5O6. The first-order valence-electron chi connectivity index (χ1n) is 15.5. The van der Waals surface area contributed by atoms with Crippen molar-refractivity contribution in [3.63, 3.8) is 0 Å². The molecule has 0 unspecified atom stereocenters. The molecule has 0 aliphatic carbocycles. The lowest BCUT2D eigenvalue weighted by Gasteiger charge is -2.35. The topological polar surface area (TPSA) is 132 Å². The fourth-order valence-electron chi connectivity index (χ4n) is 4.99. The third-order valence-corrected chi connectivity index (χ3v) is 7.55. The number of ether oxygens (including phenoxy) is 2. The predicted octanol–water partition coefficient (Wildman–Crippen LogP) is 5.18. The van der Waals surface area contributed by atoms with E-state index in [1.807, 2.05) is 58.0 Å². The van der Waals surface area contributed by atoms with Crippen LogP contribution in [0.2, 0.25) is 0 Å². The lowest BCUT2D eigenvalue weighted by Crippen LogP contribution is -2.48. The number of hydrogen-bond donors (Lipinski definition) is 4. The highest BCUT2D eigenvalue weighted by Gasteiger charge is 2.31. The molecule has 242 valence electrons. The van der Waals surface area contributed by atoms with Crippen LogP contribution in [0.4, 0.5) is 21.0 Å². The van der Waals surface area contributed by atoms with Gasteiger partial charge in [0.05, 0.1) is 30.4 Å². The van der Waals surface area contributed by atoms with Crippen molar-refractivity contribution in [3.05, 3.63) is 54.1 Å². The molecule has 44 heavy (non-hydrogen) atoms. The van der Waals surface area contributed by atoms with Crippen LogP contribution in [0.15, 0.2) is 48.5 Å². The van der Waals surface area contributed by atoms with E-state index in [2.05, 4.69) is 16.0 Å². The van der Waals surface area contributed by atoms with Crippen molar-refractivity contribution >= 4 is 29.3 Å². The van der Waals surface area contributed by atoms with E-state index in [9.17, 15) is 19.5 Å². The number of aliphatic hydroxyl groups excluding tert-OH is 1. The second-order valence-electron chi connectivity index (χ2n) is 11.9. The number of benzene rings is 2. The van der Waals surface area contributed by atoms with Crippen LogP contribution in [0.25, 0.3) is 0 Å². The Bertz CT molecular complexity index is 1230. The van der Waals surface area contributed by atoms with Gasteiger partial charge in [-0.1, -0.05) is 25.1 Å². The molecule has 1 aliphatic heterocycles. The summed E-state index contributed by atoms with van der Waals surface area (Å²) in [5.74, 6) is -0.105. The maximum absolute atomic E-state index is 14.2. The van der Waals surface area contributed by atoms with Gasteiger partial charge in [0.2, 0.25) is 0 Å². The van der Waals surface area contributed by atoms with Crippen LogP contribution in [0, 0.1) is 5.92 Å². The summed E-state index contributed by atoms with van der Waals surface area (Å²) in [6.07, 6.45) is 1.89. The zero-order valence-electron chi connectivity index (χ0n) is 26.8. The first kappa shape index (κ1) is 34.7. The van der Waals surface area contributed by atoms with Crippen LogP contribution >= 0.6 is 0 Å². The molecule has 0 bridgehead atoms. The van der Waals surface area contributed by atoms with Crippen LogP contribution in [0.3, 0.4) is 0 Å². The predicted molar refractivity (Wildman–Crippen MR) is 172 cm³/mol. The molecular weight excluding hydrogens is 562 g/mol. The van der Waals surface area contributed by atoms with E-state index in [0.29, 0.717) is 35.8 Å². The second-order valence-corrected chi connectivity index (χ2v) is 11.9. The number of amides is 5. The Morgan fingerprint density at radius 3 is 2.45 bits per heavy atom. The van der Waals surface area contributed by atoms with Gasteiger partial charge in [-0.15, -0.1) is 0 Å². The van der Waals surface area contributed by atoms with Crippen molar-refractivity contribution in [1.29, 1.82) is 0 Å². The molecule has 5 amide bonds. The van der Waals surface area contributed by atoms with E-state index in [4.69, 9.17) is 9.47 Å². The monoisotopic (exact) mass is 611 g/mol. The van der Waals surface area contributed by atoms with Gasteiger partial charge in [-0.25, -0.2) is 9.59 Å². The Morgan fingerprint density at radius 1 is 1.05 bits per heavy atom. The van der Waals surface area contributed by atoms with Crippen molar-refractivity contribution < 1.29 is 29.0 Å². The smallest absolute Gasteiger partial charge is 0.321 e. The molecule has 0 saturated carbocycles. The summed E-state index contributed by atoms with van der Waals surface area (Å²) in [7, 11) is 1.72. The molecule has 1 aliphatic rings. The molecule has 2 aromatic carbocycles. The number of urea groups is 2. The van der Waals surface area contributed by atoms with E-state index < -0.39 is 6.04 Å². The number of anilines is 2.